The number of benzene rings is 1. The summed E-state index contributed by atoms with van der Waals surface area (Å²) in [5.41, 5.74) is 0.488. The van der Waals surface area contributed by atoms with Crippen molar-refractivity contribution in [2.45, 2.75) is 19.3 Å². The Morgan fingerprint density at radius 3 is 2.35 bits per heavy atom. The van der Waals surface area contributed by atoms with Crippen molar-refractivity contribution in [3.05, 3.63) is 34.4 Å². The lowest BCUT2D eigenvalue weighted by Gasteiger charge is -2.28. The predicted octanol–water partition coefficient (Wildman–Crippen LogP) is 2.35. The van der Waals surface area contributed by atoms with E-state index in [9.17, 15) is 14.9 Å². The van der Waals surface area contributed by atoms with Crippen LogP contribution >= 0.6 is 12.2 Å². The van der Waals surface area contributed by atoms with Gasteiger partial charge < -0.3 is 10.2 Å². The van der Waals surface area contributed by atoms with Crippen LogP contribution in [0.2, 0.25) is 0 Å². The number of carbonyl (C=O) groups is 1. The zero-order chi connectivity index (χ0) is 14.5. The Labute approximate surface area is 121 Å². The molecule has 0 unspecified atom stereocenters. The summed E-state index contributed by atoms with van der Waals surface area (Å²) in [6, 6.07) is 5.68. The molecule has 0 radical (unpaired) electrons. The first kappa shape index (κ1) is 14.4. The van der Waals surface area contributed by atoms with Crippen LogP contribution in [0.5, 0.6) is 0 Å². The van der Waals surface area contributed by atoms with Crippen molar-refractivity contribution in [3.8, 4) is 0 Å². The zero-order valence-electron chi connectivity index (χ0n) is 10.9. The predicted molar refractivity (Wildman–Crippen MR) is 79.7 cm³/mol. The number of carbonyl (C=O) groups excluding carboxylic acids is 1. The van der Waals surface area contributed by atoms with Gasteiger partial charge in [0.25, 0.3) is 11.6 Å². The van der Waals surface area contributed by atoms with Gasteiger partial charge in [0.15, 0.2) is 4.99 Å². The lowest BCUT2D eigenvalue weighted by Crippen LogP contribution is -2.41. The van der Waals surface area contributed by atoms with E-state index in [2.05, 4.69) is 5.32 Å². The first-order valence-electron chi connectivity index (χ1n) is 6.42. The number of amides is 1. The van der Waals surface area contributed by atoms with Crippen molar-refractivity contribution in [1.82, 2.24) is 4.90 Å². The molecule has 1 heterocycles. The third-order valence-corrected chi connectivity index (χ3v) is 3.62. The molecule has 0 spiro atoms. The van der Waals surface area contributed by atoms with Crippen molar-refractivity contribution in [1.29, 1.82) is 0 Å². The van der Waals surface area contributed by atoms with Gasteiger partial charge in [-0.25, -0.2) is 0 Å². The number of hydrogen-bond donors (Lipinski definition) is 1. The summed E-state index contributed by atoms with van der Waals surface area (Å²) < 4.78 is 0. The van der Waals surface area contributed by atoms with E-state index >= 15 is 0 Å². The smallest absolute Gasteiger partial charge is 0.283 e. The summed E-state index contributed by atoms with van der Waals surface area (Å²) in [6.07, 6.45) is 3.26. The zero-order valence-corrected chi connectivity index (χ0v) is 11.7. The minimum Gasteiger partial charge on any atom is -0.358 e. The molecule has 1 aliphatic rings. The van der Waals surface area contributed by atoms with Gasteiger partial charge in [0, 0.05) is 30.9 Å². The number of thiocarbonyl (C=S) groups is 1. The third kappa shape index (κ3) is 3.51. The van der Waals surface area contributed by atoms with E-state index in [4.69, 9.17) is 12.2 Å². The maximum Gasteiger partial charge on any atom is 0.283 e. The van der Waals surface area contributed by atoms with Crippen molar-refractivity contribution in [2.24, 2.45) is 0 Å². The summed E-state index contributed by atoms with van der Waals surface area (Å²) in [5, 5.41) is 13.2. The standard InChI is InChI=1S/C13H15N3O3S/c17-12(13(20)15-8-2-1-3-9-15)14-10-4-6-11(7-5-10)16(18)19/h4-7H,1-3,8-9H2,(H,14,17). The van der Waals surface area contributed by atoms with Crippen LogP contribution in [0.15, 0.2) is 24.3 Å². The summed E-state index contributed by atoms with van der Waals surface area (Å²) in [4.78, 5) is 24.2. The highest BCUT2D eigenvalue weighted by molar-refractivity contribution is 7.82. The Bertz CT molecular complexity index is 524. The fraction of sp³-hybridized carbons (Fsp3) is 0.385. The van der Waals surface area contributed by atoms with E-state index in [1.54, 1.807) is 0 Å². The summed E-state index contributed by atoms with van der Waals surface area (Å²) >= 11 is 5.17. The van der Waals surface area contributed by atoms with Gasteiger partial charge in [-0.2, -0.15) is 0 Å². The second-order valence-corrected chi connectivity index (χ2v) is 5.00. The van der Waals surface area contributed by atoms with Gasteiger partial charge in [0.2, 0.25) is 0 Å². The highest BCUT2D eigenvalue weighted by Gasteiger charge is 2.19. The topological polar surface area (TPSA) is 75.5 Å². The molecule has 1 amide bonds. The average molecular weight is 293 g/mol. The van der Waals surface area contributed by atoms with Crippen LogP contribution < -0.4 is 5.32 Å². The number of nitrogens with zero attached hydrogens (tertiary/aromatic N) is 2. The van der Waals surface area contributed by atoms with Gasteiger partial charge >= 0.3 is 0 Å². The molecule has 1 aliphatic heterocycles. The van der Waals surface area contributed by atoms with Crippen LogP contribution in [0.3, 0.4) is 0 Å². The molecule has 1 saturated heterocycles. The number of hydrogen-bond acceptors (Lipinski definition) is 4. The normalized spacial score (nSPS) is 14.7. The lowest BCUT2D eigenvalue weighted by molar-refractivity contribution is -0.384. The van der Waals surface area contributed by atoms with Crippen LogP contribution in [0.4, 0.5) is 11.4 Å². The molecule has 0 bridgehead atoms. The Morgan fingerprint density at radius 1 is 1.20 bits per heavy atom. The molecule has 6 nitrogen and oxygen atoms in total. The number of piperidine rings is 1. The Balaban J connectivity index is 1.96. The van der Waals surface area contributed by atoms with E-state index in [0.717, 1.165) is 25.9 Å². The molecule has 0 saturated carbocycles. The second-order valence-electron chi connectivity index (χ2n) is 4.61. The van der Waals surface area contributed by atoms with Crippen LogP contribution in [0, 0.1) is 10.1 Å². The quantitative estimate of drug-likeness (QED) is 0.514. The van der Waals surface area contributed by atoms with Crippen LogP contribution in [-0.2, 0) is 4.79 Å². The van der Waals surface area contributed by atoms with Crippen molar-refractivity contribution >= 4 is 34.5 Å². The molecule has 0 aromatic heterocycles. The van der Waals surface area contributed by atoms with Gasteiger partial charge in [-0.1, -0.05) is 12.2 Å². The Kier molecular flexibility index (Phi) is 4.62. The van der Waals surface area contributed by atoms with E-state index in [0.29, 0.717) is 5.69 Å². The molecule has 106 valence electrons. The number of nitrogens with one attached hydrogen (secondary N) is 1. The van der Waals surface area contributed by atoms with E-state index < -0.39 is 4.92 Å². The summed E-state index contributed by atoms with van der Waals surface area (Å²) in [5.74, 6) is -0.337. The number of nitro groups is 1. The van der Waals surface area contributed by atoms with E-state index in [1.165, 1.54) is 30.7 Å². The molecule has 1 fully saturated rings. The second kappa shape index (κ2) is 6.42. The minimum atomic E-state index is -0.482. The number of non-ortho nitro benzene ring substituents is 1. The van der Waals surface area contributed by atoms with Gasteiger partial charge in [-0.15, -0.1) is 0 Å². The Morgan fingerprint density at radius 2 is 1.80 bits per heavy atom. The van der Waals surface area contributed by atoms with E-state index in [1.807, 2.05) is 4.90 Å². The highest BCUT2D eigenvalue weighted by Crippen LogP contribution is 2.16. The molecule has 1 aromatic rings. The van der Waals surface area contributed by atoms with Crippen LogP contribution in [0.1, 0.15) is 19.3 Å². The molecule has 2 rings (SSSR count). The molecule has 1 N–H and O–H groups in total. The maximum atomic E-state index is 12.0. The summed E-state index contributed by atoms with van der Waals surface area (Å²) in [6.45, 7) is 1.62. The largest absolute Gasteiger partial charge is 0.358 e. The molecule has 1 aromatic carbocycles. The molecule has 7 heteroatoms. The first-order valence-corrected chi connectivity index (χ1v) is 6.83. The number of likely N-dealkylation sites (tertiary alicyclic amines) is 1. The summed E-state index contributed by atoms with van der Waals surface area (Å²) in [7, 11) is 0. The third-order valence-electron chi connectivity index (χ3n) is 3.17. The van der Waals surface area contributed by atoms with Crippen LogP contribution in [0.25, 0.3) is 0 Å². The van der Waals surface area contributed by atoms with Gasteiger partial charge in [-0.3, -0.25) is 14.9 Å². The molecule has 0 aliphatic carbocycles. The monoisotopic (exact) mass is 293 g/mol. The van der Waals surface area contributed by atoms with Crippen molar-refractivity contribution < 1.29 is 9.72 Å². The van der Waals surface area contributed by atoms with Gasteiger partial charge in [0.05, 0.1) is 4.92 Å². The minimum absolute atomic E-state index is 0.0124. The van der Waals surface area contributed by atoms with Crippen molar-refractivity contribution in [2.75, 3.05) is 18.4 Å². The van der Waals surface area contributed by atoms with Crippen molar-refractivity contribution in [3.63, 3.8) is 0 Å². The van der Waals surface area contributed by atoms with Crippen LogP contribution in [-0.4, -0.2) is 33.8 Å². The first-order chi connectivity index (χ1) is 9.58. The SMILES string of the molecule is O=C(Nc1ccc([N+](=O)[O-])cc1)C(=S)N1CCCCC1. The molecular formula is C13H15N3O3S. The van der Waals surface area contributed by atoms with Gasteiger partial charge in [0.1, 0.15) is 0 Å². The molecule has 0 atom stereocenters. The highest BCUT2D eigenvalue weighted by atomic mass is 32.1. The number of rotatable bonds is 2. The van der Waals surface area contributed by atoms with E-state index in [-0.39, 0.29) is 16.6 Å². The molecule has 20 heavy (non-hydrogen) atoms. The number of nitro benzene ring substituents is 1. The maximum absolute atomic E-state index is 12.0. The lowest BCUT2D eigenvalue weighted by atomic mass is 10.1. The Hall–Kier alpha value is -2.02. The molecular weight excluding hydrogens is 278 g/mol. The number of anilines is 1. The average Bonchev–Trinajstić information content (AvgIpc) is 2.48. The fourth-order valence-corrected chi connectivity index (χ4v) is 2.33. The fourth-order valence-electron chi connectivity index (χ4n) is 2.09. The van der Waals surface area contributed by atoms with Gasteiger partial charge in [-0.05, 0) is 31.4 Å².